The minimum absolute atomic E-state index is 0.0149. The number of aliphatic carboxylic acids is 1. The maximum Gasteiger partial charge on any atom is 0.305 e. The van der Waals surface area contributed by atoms with E-state index in [-0.39, 0.29) is 12.3 Å². The molecule has 1 saturated carbocycles. The monoisotopic (exact) mass is 262 g/mol. The number of amides is 1. The Hall–Kier alpha value is -1.91. The van der Waals surface area contributed by atoms with Crippen LogP contribution in [0.1, 0.15) is 48.9 Å². The number of pyridine rings is 1. The lowest BCUT2D eigenvalue weighted by Gasteiger charge is -2.37. The van der Waals surface area contributed by atoms with E-state index in [0.29, 0.717) is 5.56 Å². The van der Waals surface area contributed by atoms with Gasteiger partial charge < -0.3 is 10.4 Å². The van der Waals surface area contributed by atoms with Crippen LogP contribution in [0.2, 0.25) is 0 Å². The summed E-state index contributed by atoms with van der Waals surface area (Å²) in [5, 5.41) is 12.0. The van der Waals surface area contributed by atoms with E-state index in [0.717, 1.165) is 32.1 Å². The van der Waals surface area contributed by atoms with Gasteiger partial charge in [0.1, 0.15) is 0 Å². The van der Waals surface area contributed by atoms with Gasteiger partial charge in [-0.1, -0.05) is 19.3 Å². The zero-order valence-corrected chi connectivity index (χ0v) is 10.8. The van der Waals surface area contributed by atoms with Gasteiger partial charge >= 0.3 is 5.97 Å². The fourth-order valence-electron chi connectivity index (χ4n) is 2.67. The van der Waals surface area contributed by atoms with Crippen LogP contribution in [-0.2, 0) is 4.79 Å². The highest BCUT2D eigenvalue weighted by Gasteiger charge is 2.35. The van der Waals surface area contributed by atoms with Gasteiger partial charge in [-0.25, -0.2) is 0 Å². The second-order valence-electron chi connectivity index (χ2n) is 5.11. The molecule has 1 fully saturated rings. The summed E-state index contributed by atoms with van der Waals surface area (Å²) in [6, 6.07) is 3.37. The number of hydrogen-bond donors (Lipinski definition) is 2. The molecule has 1 aromatic heterocycles. The van der Waals surface area contributed by atoms with Crippen LogP contribution in [0.3, 0.4) is 0 Å². The number of rotatable bonds is 4. The second kappa shape index (κ2) is 5.82. The number of carboxylic acid groups (broad SMARTS) is 1. The van der Waals surface area contributed by atoms with Gasteiger partial charge in [0.15, 0.2) is 0 Å². The summed E-state index contributed by atoms with van der Waals surface area (Å²) in [6.07, 6.45) is 7.55. The molecule has 5 nitrogen and oxygen atoms in total. The number of hydrogen-bond acceptors (Lipinski definition) is 3. The predicted octanol–water partition coefficient (Wildman–Crippen LogP) is 1.99. The average Bonchev–Trinajstić information content (AvgIpc) is 2.39. The Bertz CT molecular complexity index is 453. The van der Waals surface area contributed by atoms with Gasteiger partial charge in [-0.3, -0.25) is 14.6 Å². The van der Waals surface area contributed by atoms with E-state index in [9.17, 15) is 9.59 Å². The number of nitrogens with zero attached hydrogens (tertiary/aromatic N) is 1. The van der Waals surface area contributed by atoms with Crippen molar-refractivity contribution in [3.8, 4) is 0 Å². The summed E-state index contributed by atoms with van der Waals surface area (Å²) in [4.78, 5) is 27.1. The summed E-state index contributed by atoms with van der Waals surface area (Å²) < 4.78 is 0. The van der Waals surface area contributed by atoms with Crippen LogP contribution < -0.4 is 5.32 Å². The van der Waals surface area contributed by atoms with Crippen molar-refractivity contribution in [1.29, 1.82) is 0 Å². The van der Waals surface area contributed by atoms with Gasteiger partial charge in [-0.05, 0) is 25.0 Å². The zero-order valence-electron chi connectivity index (χ0n) is 10.8. The smallest absolute Gasteiger partial charge is 0.305 e. The van der Waals surface area contributed by atoms with Crippen LogP contribution >= 0.6 is 0 Å². The molecule has 1 amide bonds. The molecule has 0 saturated heterocycles. The summed E-state index contributed by atoms with van der Waals surface area (Å²) in [7, 11) is 0. The summed E-state index contributed by atoms with van der Waals surface area (Å²) in [5.41, 5.74) is -0.130. The SMILES string of the molecule is O=C(O)CC1(NC(=O)c2cccnc2)CCCCC1. The largest absolute Gasteiger partial charge is 0.481 e. The maximum atomic E-state index is 12.2. The average molecular weight is 262 g/mol. The molecule has 5 heteroatoms. The van der Waals surface area contributed by atoms with Crippen LogP contribution in [-0.4, -0.2) is 27.5 Å². The maximum absolute atomic E-state index is 12.2. The first-order chi connectivity index (χ1) is 9.11. The molecule has 0 unspecified atom stereocenters. The molecule has 0 aliphatic heterocycles. The Morgan fingerprint density at radius 1 is 1.32 bits per heavy atom. The van der Waals surface area contributed by atoms with Crippen LogP contribution in [0.5, 0.6) is 0 Å². The van der Waals surface area contributed by atoms with E-state index in [4.69, 9.17) is 5.11 Å². The lowest BCUT2D eigenvalue weighted by Crippen LogP contribution is -2.51. The molecular formula is C14H18N2O3. The van der Waals surface area contributed by atoms with Crippen molar-refractivity contribution in [3.05, 3.63) is 30.1 Å². The third kappa shape index (κ3) is 3.53. The van der Waals surface area contributed by atoms with E-state index in [1.807, 2.05) is 0 Å². The highest BCUT2D eigenvalue weighted by Crippen LogP contribution is 2.31. The van der Waals surface area contributed by atoms with Crippen molar-refractivity contribution < 1.29 is 14.7 Å². The first kappa shape index (κ1) is 13.5. The Morgan fingerprint density at radius 2 is 2.05 bits per heavy atom. The lowest BCUT2D eigenvalue weighted by atomic mass is 9.79. The van der Waals surface area contributed by atoms with Crippen molar-refractivity contribution >= 4 is 11.9 Å². The Balaban J connectivity index is 2.11. The normalized spacial score (nSPS) is 17.7. The van der Waals surface area contributed by atoms with Crippen molar-refractivity contribution in [2.75, 3.05) is 0 Å². The highest BCUT2D eigenvalue weighted by molar-refractivity contribution is 5.94. The Morgan fingerprint density at radius 3 is 2.63 bits per heavy atom. The van der Waals surface area contributed by atoms with Gasteiger partial charge in [-0.2, -0.15) is 0 Å². The number of carbonyl (C=O) groups is 2. The minimum atomic E-state index is -0.867. The summed E-state index contributed by atoms with van der Waals surface area (Å²) >= 11 is 0. The molecule has 0 aromatic carbocycles. The molecule has 1 aliphatic carbocycles. The van der Waals surface area contributed by atoms with Gasteiger partial charge in [-0.15, -0.1) is 0 Å². The predicted molar refractivity (Wildman–Crippen MR) is 69.8 cm³/mol. The van der Waals surface area contributed by atoms with E-state index in [2.05, 4.69) is 10.3 Å². The number of nitrogens with one attached hydrogen (secondary N) is 1. The molecule has 1 aromatic rings. The van der Waals surface area contributed by atoms with Gasteiger partial charge in [0, 0.05) is 12.4 Å². The molecule has 1 heterocycles. The quantitative estimate of drug-likeness (QED) is 0.869. The summed E-state index contributed by atoms with van der Waals surface area (Å²) in [5.74, 6) is -1.11. The fourth-order valence-corrected chi connectivity index (χ4v) is 2.67. The molecule has 19 heavy (non-hydrogen) atoms. The Kier molecular flexibility index (Phi) is 4.14. The number of carboxylic acids is 1. The third-order valence-corrected chi connectivity index (χ3v) is 3.60. The molecule has 0 radical (unpaired) electrons. The molecule has 0 atom stereocenters. The first-order valence-corrected chi connectivity index (χ1v) is 6.56. The highest BCUT2D eigenvalue weighted by atomic mass is 16.4. The second-order valence-corrected chi connectivity index (χ2v) is 5.11. The topological polar surface area (TPSA) is 79.3 Å². The third-order valence-electron chi connectivity index (χ3n) is 3.60. The lowest BCUT2D eigenvalue weighted by molar-refractivity contribution is -0.139. The fraction of sp³-hybridized carbons (Fsp3) is 0.500. The molecule has 102 valence electrons. The van der Waals surface area contributed by atoms with Crippen molar-refractivity contribution in [3.63, 3.8) is 0 Å². The van der Waals surface area contributed by atoms with Crippen LogP contribution in [0.15, 0.2) is 24.5 Å². The van der Waals surface area contributed by atoms with Crippen molar-refractivity contribution in [2.45, 2.75) is 44.1 Å². The molecule has 0 spiro atoms. The molecule has 2 N–H and O–H groups in total. The van der Waals surface area contributed by atoms with E-state index in [1.165, 1.54) is 6.20 Å². The van der Waals surface area contributed by atoms with Crippen LogP contribution in [0.4, 0.5) is 0 Å². The number of carbonyl (C=O) groups excluding carboxylic acids is 1. The van der Waals surface area contributed by atoms with Gasteiger partial charge in [0.2, 0.25) is 0 Å². The molecular weight excluding hydrogens is 244 g/mol. The summed E-state index contributed by atoms with van der Waals surface area (Å²) in [6.45, 7) is 0. The molecule has 0 bridgehead atoms. The Labute approximate surface area is 112 Å². The standard InChI is InChI=1S/C14H18N2O3/c17-12(18)9-14(6-2-1-3-7-14)16-13(19)11-5-4-8-15-10-11/h4-5,8,10H,1-3,6-7,9H2,(H,16,19)(H,17,18). The van der Waals surface area contributed by atoms with Gasteiger partial charge in [0.25, 0.3) is 5.91 Å². The zero-order chi connectivity index (χ0) is 13.7. The molecule has 1 aliphatic rings. The number of aromatic nitrogens is 1. The van der Waals surface area contributed by atoms with E-state index in [1.54, 1.807) is 18.3 Å². The van der Waals surface area contributed by atoms with Crippen molar-refractivity contribution in [1.82, 2.24) is 10.3 Å². The van der Waals surface area contributed by atoms with Crippen molar-refractivity contribution in [2.24, 2.45) is 0 Å². The first-order valence-electron chi connectivity index (χ1n) is 6.56. The van der Waals surface area contributed by atoms with Crippen LogP contribution in [0.25, 0.3) is 0 Å². The van der Waals surface area contributed by atoms with Gasteiger partial charge in [0.05, 0.1) is 17.5 Å². The van der Waals surface area contributed by atoms with E-state index >= 15 is 0 Å². The van der Waals surface area contributed by atoms with E-state index < -0.39 is 11.5 Å². The van der Waals surface area contributed by atoms with Crippen LogP contribution in [0, 0.1) is 0 Å². The minimum Gasteiger partial charge on any atom is -0.481 e. The molecule has 2 rings (SSSR count).